The number of aromatic nitrogens is 2. The van der Waals surface area contributed by atoms with Crippen molar-refractivity contribution in [3.8, 4) is 6.07 Å². The first kappa shape index (κ1) is 12.6. The molecule has 7 nitrogen and oxygen atoms in total. The Morgan fingerprint density at radius 3 is 2.72 bits per heavy atom. The van der Waals surface area contributed by atoms with E-state index in [-0.39, 0.29) is 23.5 Å². The van der Waals surface area contributed by atoms with Crippen molar-refractivity contribution >= 4 is 21.6 Å². The Balaban J connectivity index is 2.11. The minimum Gasteiger partial charge on any atom is -0.368 e. The van der Waals surface area contributed by atoms with E-state index in [1.807, 2.05) is 6.07 Å². The van der Waals surface area contributed by atoms with Crippen LogP contribution in [0.4, 0.5) is 11.8 Å². The first-order chi connectivity index (χ1) is 8.50. The molecule has 1 aromatic rings. The Bertz CT molecular complexity index is 579. The smallest absolute Gasteiger partial charge is 0.222 e. The van der Waals surface area contributed by atoms with E-state index in [2.05, 4.69) is 15.3 Å². The first-order valence-corrected chi connectivity index (χ1v) is 7.32. The van der Waals surface area contributed by atoms with Gasteiger partial charge in [0.1, 0.15) is 27.3 Å². The van der Waals surface area contributed by atoms with Crippen molar-refractivity contribution in [3.05, 3.63) is 11.8 Å². The quantitative estimate of drug-likeness (QED) is 0.768. The predicted molar refractivity (Wildman–Crippen MR) is 66.5 cm³/mol. The molecule has 1 aliphatic heterocycles. The highest BCUT2D eigenvalue weighted by atomic mass is 32.2. The van der Waals surface area contributed by atoms with Crippen molar-refractivity contribution in [2.45, 2.75) is 18.9 Å². The van der Waals surface area contributed by atoms with Gasteiger partial charge < -0.3 is 11.1 Å². The third kappa shape index (κ3) is 2.87. The van der Waals surface area contributed by atoms with Crippen molar-refractivity contribution in [2.75, 3.05) is 22.6 Å². The van der Waals surface area contributed by atoms with Crippen LogP contribution in [0.1, 0.15) is 18.4 Å². The summed E-state index contributed by atoms with van der Waals surface area (Å²) >= 11 is 0. The lowest BCUT2D eigenvalue weighted by Gasteiger charge is -2.23. The van der Waals surface area contributed by atoms with Gasteiger partial charge in [-0.2, -0.15) is 10.2 Å². The molecule has 1 fully saturated rings. The highest BCUT2D eigenvalue weighted by Gasteiger charge is 2.24. The maximum atomic E-state index is 11.3. The molecule has 1 aromatic heterocycles. The molecule has 0 spiro atoms. The summed E-state index contributed by atoms with van der Waals surface area (Å²) in [7, 11) is -2.89. The number of nitriles is 1. The Hall–Kier alpha value is -1.88. The number of nitrogens with zero attached hydrogens (tertiary/aromatic N) is 3. The molecule has 0 bridgehead atoms. The Morgan fingerprint density at radius 2 is 2.11 bits per heavy atom. The summed E-state index contributed by atoms with van der Waals surface area (Å²) in [6.45, 7) is 0. The van der Waals surface area contributed by atoms with Crippen LogP contribution in [-0.2, 0) is 9.84 Å². The summed E-state index contributed by atoms with van der Waals surface area (Å²) in [5, 5.41) is 12.0. The highest BCUT2D eigenvalue weighted by Crippen LogP contribution is 2.19. The number of rotatable bonds is 2. The molecule has 0 atom stereocenters. The van der Waals surface area contributed by atoms with E-state index in [1.54, 1.807) is 0 Å². The van der Waals surface area contributed by atoms with Crippen LogP contribution in [-0.4, -0.2) is 35.9 Å². The topological polar surface area (TPSA) is 122 Å². The molecule has 18 heavy (non-hydrogen) atoms. The zero-order chi connectivity index (χ0) is 13.2. The van der Waals surface area contributed by atoms with Gasteiger partial charge in [0.2, 0.25) is 5.95 Å². The Kier molecular flexibility index (Phi) is 3.34. The van der Waals surface area contributed by atoms with Crippen LogP contribution in [0.2, 0.25) is 0 Å². The summed E-state index contributed by atoms with van der Waals surface area (Å²) in [5.41, 5.74) is 5.77. The number of hydrogen-bond donors (Lipinski definition) is 2. The minimum atomic E-state index is -2.89. The normalized spacial score (nSPS) is 19.1. The fourth-order valence-corrected chi connectivity index (χ4v) is 3.31. The van der Waals surface area contributed by atoms with E-state index < -0.39 is 9.84 Å². The first-order valence-electron chi connectivity index (χ1n) is 5.50. The minimum absolute atomic E-state index is 0.00470. The number of hydrogen-bond acceptors (Lipinski definition) is 7. The Labute approximate surface area is 105 Å². The third-order valence-electron chi connectivity index (χ3n) is 2.82. The fraction of sp³-hybridized carbons (Fsp3) is 0.500. The molecular formula is C10H13N5O2S. The van der Waals surface area contributed by atoms with Gasteiger partial charge in [-0.05, 0) is 12.8 Å². The summed E-state index contributed by atoms with van der Waals surface area (Å²) in [5.74, 6) is 0.773. The molecule has 0 aliphatic carbocycles. The van der Waals surface area contributed by atoms with Crippen molar-refractivity contribution in [2.24, 2.45) is 0 Å². The van der Waals surface area contributed by atoms with Gasteiger partial charge in [-0.1, -0.05) is 0 Å². The number of anilines is 2. The maximum Gasteiger partial charge on any atom is 0.222 e. The van der Waals surface area contributed by atoms with Crippen LogP contribution in [0.25, 0.3) is 0 Å². The van der Waals surface area contributed by atoms with Gasteiger partial charge in [-0.15, -0.1) is 0 Å². The molecule has 0 saturated carbocycles. The van der Waals surface area contributed by atoms with E-state index in [0.29, 0.717) is 24.2 Å². The average Bonchev–Trinajstić information content (AvgIpc) is 2.32. The molecule has 2 rings (SSSR count). The van der Waals surface area contributed by atoms with Gasteiger partial charge in [0.25, 0.3) is 0 Å². The molecule has 1 saturated heterocycles. The standard InChI is InChI=1S/C10H13N5O2S/c11-5-7-6-13-10(12)15-9(7)14-8-1-3-18(16,17)4-2-8/h6,8H,1-4H2,(H3,12,13,14,15). The van der Waals surface area contributed by atoms with Gasteiger partial charge in [-0.3, -0.25) is 0 Å². The van der Waals surface area contributed by atoms with Crippen molar-refractivity contribution in [1.82, 2.24) is 9.97 Å². The molecular weight excluding hydrogens is 254 g/mol. The second-order valence-electron chi connectivity index (χ2n) is 4.17. The lowest BCUT2D eigenvalue weighted by molar-refractivity contribution is 0.559. The number of nitrogen functional groups attached to an aromatic ring is 1. The zero-order valence-corrected chi connectivity index (χ0v) is 10.4. The third-order valence-corrected chi connectivity index (χ3v) is 4.54. The summed E-state index contributed by atoms with van der Waals surface area (Å²) in [6.07, 6.45) is 2.37. The van der Waals surface area contributed by atoms with Crippen LogP contribution >= 0.6 is 0 Å². The largest absolute Gasteiger partial charge is 0.368 e. The van der Waals surface area contributed by atoms with E-state index in [4.69, 9.17) is 11.0 Å². The highest BCUT2D eigenvalue weighted by molar-refractivity contribution is 7.91. The van der Waals surface area contributed by atoms with Crippen LogP contribution in [0.15, 0.2) is 6.20 Å². The molecule has 0 amide bonds. The van der Waals surface area contributed by atoms with Gasteiger partial charge in [0.05, 0.1) is 17.7 Å². The van der Waals surface area contributed by atoms with E-state index in [1.165, 1.54) is 6.20 Å². The molecule has 0 unspecified atom stereocenters. The Morgan fingerprint density at radius 1 is 1.44 bits per heavy atom. The number of nitrogens with one attached hydrogen (secondary N) is 1. The zero-order valence-electron chi connectivity index (χ0n) is 9.63. The lowest BCUT2D eigenvalue weighted by atomic mass is 10.1. The SMILES string of the molecule is N#Cc1cnc(N)nc1NC1CCS(=O)(=O)CC1. The number of sulfone groups is 1. The second kappa shape index (κ2) is 4.78. The lowest BCUT2D eigenvalue weighted by Crippen LogP contribution is -2.32. The summed E-state index contributed by atoms with van der Waals surface area (Å²) in [6, 6.07) is 1.96. The van der Waals surface area contributed by atoms with Crippen LogP contribution in [0.3, 0.4) is 0 Å². The molecule has 2 heterocycles. The van der Waals surface area contributed by atoms with Gasteiger partial charge in [-0.25, -0.2) is 13.4 Å². The molecule has 96 valence electrons. The van der Waals surface area contributed by atoms with Crippen LogP contribution in [0, 0.1) is 11.3 Å². The number of nitrogens with two attached hydrogens (primary N) is 1. The monoisotopic (exact) mass is 267 g/mol. The fourth-order valence-electron chi connectivity index (χ4n) is 1.82. The summed E-state index contributed by atoms with van der Waals surface area (Å²) in [4.78, 5) is 7.69. The van der Waals surface area contributed by atoms with Gasteiger partial charge in [0.15, 0.2) is 0 Å². The van der Waals surface area contributed by atoms with E-state index in [0.717, 1.165) is 0 Å². The molecule has 0 aromatic carbocycles. The van der Waals surface area contributed by atoms with Crippen LogP contribution in [0.5, 0.6) is 0 Å². The predicted octanol–water partition coefficient (Wildman–Crippen LogP) is -0.0804. The molecule has 3 N–H and O–H groups in total. The molecule has 0 radical (unpaired) electrons. The van der Waals surface area contributed by atoms with E-state index >= 15 is 0 Å². The van der Waals surface area contributed by atoms with Crippen molar-refractivity contribution in [3.63, 3.8) is 0 Å². The molecule has 1 aliphatic rings. The van der Waals surface area contributed by atoms with Gasteiger partial charge in [0, 0.05) is 6.04 Å². The second-order valence-corrected chi connectivity index (χ2v) is 6.48. The van der Waals surface area contributed by atoms with Crippen LogP contribution < -0.4 is 11.1 Å². The molecule has 8 heteroatoms. The summed E-state index contributed by atoms with van der Waals surface area (Å²) < 4.78 is 22.6. The van der Waals surface area contributed by atoms with Gasteiger partial charge >= 0.3 is 0 Å². The average molecular weight is 267 g/mol. The van der Waals surface area contributed by atoms with E-state index in [9.17, 15) is 8.42 Å². The maximum absolute atomic E-state index is 11.3. The van der Waals surface area contributed by atoms with Crippen molar-refractivity contribution < 1.29 is 8.42 Å². The van der Waals surface area contributed by atoms with Crippen molar-refractivity contribution in [1.29, 1.82) is 5.26 Å².